The number of methoxy groups -OCH3 is 1. The minimum absolute atomic E-state index is 0.00754. The molecule has 3 N–H and O–H groups in total. The molecule has 1 aromatic carbocycles. The summed E-state index contributed by atoms with van der Waals surface area (Å²) in [4.78, 5) is 11.0. The van der Waals surface area contributed by atoms with Gasteiger partial charge in [0.25, 0.3) is 0 Å². The lowest BCUT2D eigenvalue weighted by molar-refractivity contribution is -0.120. The van der Waals surface area contributed by atoms with Crippen molar-refractivity contribution in [3.8, 4) is 11.5 Å². The fourth-order valence-corrected chi connectivity index (χ4v) is 1.35. The van der Waals surface area contributed by atoms with E-state index in [1.54, 1.807) is 32.4 Å². The third-order valence-electron chi connectivity index (χ3n) is 2.27. The Kier molecular flexibility index (Phi) is 5.13. The molecule has 0 saturated heterocycles. The van der Waals surface area contributed by atoms with E-state index in [1.807, 2.05) is 0 Å². The van der Waals surface area contributed by atoms with E-state index in [0.717, 1.165) is 0 Å². The van der Waals surface area contributed by atoms with Crippen molar-refractivity contribution in [1.29, 1.82) is 0 Å². The maximum atomic E-state index is 11.0. The number of hydrogen-bond acceptors (Lipinski definition) is 4. The van der Waals surface area contributed by atoms with Crippen molar-refractivity contribution in [3.05, 3.63) is 18.2 Å². The molecule has 1 rings (SSSR count). The van der Waals surface area contributed by atoms with E-state index in [4.69, 9.17) is 15.2 Å². The van der Waals surface area contributed by atoms with Gasteiger partial charge in [-0.15, -0.1) is 0 Å². The van der Waals surface area contributed by atoms with Gasteiger partial charge in [0.15, 0.2) is 11.5 Å². The average Bonchev–Trinajstić information content (AvgIpc) is 2.34. The highest BCUT2D eigenvalue weighted by atomic mass is 16.5. The van der Waals surface area contributed by atoms with Crippen LogP contribution in [0.25, 0.3) is 0 Å². The van der Waals surface area contributed by atoms with Crippen molar-refractivity contribution < 1.29 is 14.3 Å². The van der Waals surface area contributed by atoms with Crippen molar-refractivity contribution in [2.24, 2.45) is 0 Å². The summed E-state index contributed by atoms with van der Waals surface area (Å²) >= 11 is 0. The topological polar surface area (TPSA) is 73.6 Å². The van der Waals surface area contributed by atoms with E-state index < -0.39 is 0 Å². The fraction of sp³-hybridized carbons (Fsp3) is 0.417. The van der Waals surface area contributed by atoms with Crippen LogP contribution in [0.4, 0.5) is 5.69 Å². The van der Waals surface area contributed by atoms with Crippen LogP contribution in [0.2, 0.25) is 0 Å². The Morgan fingerprint density at radius 2 is 2.18 bits per heavy atom. The molecule has 5 heteroatoms. The summed E-state index contributed by atoms with van der Waals surface area (Å²) in [6.45, 7) is 0.452. The predicted molar refractivity (Wildman–Crippen MR) is 66.2 cm³/mol. The number of nitrogen functional groups attached to an aromatic ring is 1. The number of nitrogens with two attached hydrogens (primary N) is 1. The molecule has 0 saturated carbocycles. The van der Waals surface area contributed by atoms with E-state index in [9.17, 15) is 4.79 Å². The van der Waals surface area contributed by atoms with Gasteiger partial charge in [-0.1, -0.05) is 0 Å². The number of carbonyl (C=O) groups is 1. The van der Waals surface area contributed by atoms with Gasteiger partial charge in [0.1, 0.15) is 0 Å². The maximum absolute atomic E-state index is 11.0. The van der Waals surface area contributed by atoms with Crippen LogP contribution in [-0.2, 0) is 4.79 Å². The standard InChI is InChI=1S/C12H18N2O3/c1-14-12(15)4-3-7-17-11-8-9(13)5-6-10(11)16-2/h5-6,8H,3-4,7,13H2,1-2H3,(H,14,15). The van der Waals surface area contributed by atoms with Crippen LogP contribution in [0.1, 0.15) is 12.8 Å². The molecular formula is C12H18N2O3. The molecule has 0 radical (unpaired) electrons. The predicted octanol–water partition coefficient (Wildman–Crippen LogP) is 1.18. The number of ether oxygens (including phenoxy) is 2. The molecule has 0 spiro atoms. The number of nitrogens with one attached hydrogen (secondary N) is 1. The molecule has 94 valence electrons. The van der Waals surface area contributed by atoms with Gasteiger partial charge in [-0.05, 0) is 18.6 Å². The Bertz CT molecular complexity index is 380. The Labute approximate surface area is 101 Å². The lowest BCUT2D eigenvalue weighted by Gasteiger charge is -2.10. The monoisotopic (exact) mass is 238 g/mol. The van der Waals surface area contributed by atoms with Gasteiger partial charge in [-0.3, -0.25) is 4.79 Å². The highest BCUT2D eigenvalue weighted by Gasteiger charge is 2.05. The third-order valence-corrected chi connectivity index (χ3v) is 2.27. The van der Waals surface area contributed by atoms with Crippen LogP contribution < -0.4 is 20.5 Å². The molecule has 0 aliphatic heterocycles. The first-order valence-corrected chi connectivity index (χ1v) is 5.44. The Hall–Kier alpha value is -1.91. The highest BCUT2D eigenvalue weighted by molar-refractivity contribution is 5.75. The largest absolute Gasteiger partial charge is 0.493 e. The van der Waals surface area contributed by atoms with Crippen LogP contribution >= 0.6 is 0 Å². The van der Waals surface area contributed by atoms with E-state index in [-0.39, 0.29) is 5.91 Å². The van der Waals surface area contributed by atoms with E-state index in [0.29, 0.717) is 36.6 Å². The highest BCUT2D eigenvalue weighted by Crippen LogP contribution is 2.29. The number of carbonyl (C=O) groups excluding carboxylic acids is 1. The number of benzene rings is 1. The first kappa shape index (κ1) is 13.2. The lowest BCUT2D eigenvalue weighted by atomic mass is 10.2. The zero-order valence-corrected chi connectivity index (χ0v) is 10.2. The smallest absolute Gasteiger partial charge is 0.219 e. The Morgan fingerprint density at radius 3 is 2.82 bits per heavy atom. The van der Waals surface area contributed by atoms with Gasteiger partial charge in [0, 0.05) is 25.2 Å². The lowest BCUT2D eigenvalue weighted by Crippen LogP contribution is -2.18. The van der Waals surface area contributed by atoms with Crippen molar-refractivity contribution in [2.75, 3.05) is 26.5 Å². The summed E-state index contributed by atoms with van der Waals surface area (Å²) in [6, 6.07) is 5.21. The molecule has 0 unspecified atom stereocenters. The summed E-state index contributed by atoms with van der Waals surface area (Å²) in [5.41, 5.74) is 6.27. The van der Waals surface area contributed by atoms with Gasteiger partial charge < -0.3 is 20.5 Å². The van der Waals surface area contributed by atoms with Crippen LogP contribution in [0.3, 0.4) is 0 Å². The molecule has 0 aromatic heterocycles. The number of anilines is 1. The van der Waals surface area contributed by atoms with Gasteiger partial charge in [0.05, 0.1) is 13.7 Å². The second kappa shape index (κ2) is 6.62. The first-order chi connectivity index (χ1) is 8.17. The summed E-state index contributed by atoms with van der Waals surface area (Å²) in [5.74, 6) is 1.25. The van der Waals surface area contributed by atoms with Gasteiger partial charge in [-0.25, -0.2) is 0 Å². The summed E-state index contributed by atoms with van der Waals surface area (Å²) in [5, 5.41) is 2.56. The molecule has 0 atom stereocenters. The molecule has 0 aliphatic rings. The minimum Gasteiger partial charge on any atom is -0.493 e. The Balaban J connectivity index is 2.45. The third kappa shape index (κ3) is 4.22. The van der Waals surface area contributed by atoms with Crippen molar-refractivity contribution >= 4 is 11.6 Å². The van der Waals surface area contributed by atoms with Crippen LogP contribution in [0, 0.1) is 0 Å². The maximum Gasteiger partial charge on any atom is 0.219 e. The molecule has 1 aromatic rings. The second-order valence-corrected chi connectivity index (χ2v) is 3.54. The summed E-state index contributed by atoms with van der Waals surface area (Å²) in [6.07, 6.45) is 1.10. The van der Waals surface area contributed by atoms with Crippen molar-refractivity contribution in [2.45, 2.75) is 12.8 Å². The zero-order chi connectivity index (χ0) is 12.7. The molecule has 0 fully saturated rings. The number of hydrogen-bond donors (Lipinski definition) is 2. The van der Waals surface area contributed by atoms with Gasteiger partial charge in [0.2, 0.25) is 5.91 Å². The molecule has 0 aliphatic carbocycles. The average molecular weight is 238 g/mol. The van der Waals surface area contributed by atoms with E-state index >= 15 is 0 Å². The fourth-order valence-electron chi connectivity index (χ4n) is 1.35. The Morgan fingerprint density at radius 1 is 1.41 bits per heavy atom. The van der Waals surface area contributed by atoms with Gasteiger partial charge in [-0.2, -0.15) is 0 Å². The number of rotatable bonds is 6. The van der Waals surface area contributed by atoms with Gasteiger partial charge >= 0.3 is 0 Å². The van der Waals surface area contributed by atoms with Crippen LogP contribution in [0.15, 0.2) is 18.2 Å². The molecule has 0 bridgehead atoms. The molecular weight excluding hydrogens is 220 g/mol. The molecule has 0 heterocycles. The zero-order valence-electron chi connectivity index (χ0n) is 10.2. The molecule has 5 nitrogen and oxygen atoms in total. The van der Waals surface area contributed by atoms with Crippen molar-refractivity contribution in [3.63, 3.8) is 0 Å². The molecule has 1 amide bonds. The SMILES string of the molecule is CNC(=O)CCCOc1cc(N)ccc1OC. The van der Waals surface area contributed by atoms with Crippen molar-refractivity contribution in [1.82, 2.24) is 5.32 Å². The molecule has 17 heavy (non-hydrogen) atoms. The number of amides is 1. The summed E-state index contributed by atoms with van der Waals surface area (Å²) < 4.78 is 10.7. The second-order valence-electron chi connectivity index (χ2n) is 3.54. The van der Waals surface area contributed by atoms with Crippen LogP contribution in [-0.4, -0.2) is 26.7 Å². The van der Waals surface area contributed by atoms with Crippen LogP contribution in [0.5, 0.6) is 11.5 Å². The van der Waals surface area contributed by atoms with E-state index in [2.05, 4.69) is 5.32 Å². The quantitative estimate of drug-likeness (QED) is 0.576. The first-order valence-electron chi connectivity index (χ1n) is 5.44. The van der Waals surface area contributed by atoms with E-state index in [1.165, 1.54) is 0 Å². The minimum atomic E-state index is 0.00754. The summed E-state index contributed by atoms with van der Waals surface area (Å²) in [7, 11) is 3.19. The normalized spacial score (nSPS) is 9.76.